The predicted molar refractivity (Wildman–Crippen MR) is 80.5 cm³/mol. The van der Waals surface area contributed by atoms with Gasteiger partial charge in [0.15, 0.2) is 0 Å². The molecule has 3 rings (SSSR count). The number of carbonyl (C=O) groups excluding carboxylic acids is 1. The van der Waals surface area contributed by atoms with E-state index in [0.29, 0.717) is 6.54 Å². The maximum Gasteiger partial charge on any atom is 0.242 e. The van der Waals surface area contributed by atoms with E-state index in [4.69, 9.17) is 0 Å². The smallest absolute Gasteiger partial charge is 0.242 e. The van der Waals surface area contributed by atoms with Crippen LogP contribution < -0.4 is 10.0 Å². The minimum Gasteiger partial charge on any atom is -0.354 e. The van der Waals surface area contributed by atoms with Crippen LogP contribution in [0.3, 0.4) is 0 Å². The molecule has 0 radical (unpaired) electrons. The van der Waals surface area contributed by atoms with Gasteiger partial charge in [-0.25, -0.2) is 8.42 Å². The lowest BCUT2D eigenvalue weighted by atomic mass is 9.88. The second-order valence-electron chi connectivity index (χ2n) is 5.74. The Kier molecular flexibility index (Phi) is 3.27. The van der Waals surface area contributed by atoms with Crippen molar-refractivity contribution < 1.29 is 13.2 Å². The van der Waals surface area contributed by atoms with Gasteiger partial charge in [0.2, 0.25) is 15.9 Å². The summed E-state index contributed by atoms with van der Waals surface area (Å²) in [4.78, 5) is 16.0. The van der Waals surface area contributed by atoms with Gasteiger partial charge in [-0.15, -0.1) is 11.3 Å². The summed E-state index contributed by atoms with van der Waals surface area (Å²) in [6, 6.07) is 2.63. The van der Waals surface area contributed by atoms with Crippen LogP contribution in [0.2, 0.25) is 0 Å². The van der Waals surface area contributed by atoms with E-state index in [1.165, 1.54) is 17.5 Å². The molecule has 2 aromatic rings. The van der Waals surface area contributed by atoms with Gasteiger partial charge in [-0.3, -0.25) is 9.78 Å². The highest BCUT2D eigenvalue weighted by atomic mass is 32.2. The lowest BCUT2D eigenvalue weighted by molar-refractivity contribution is -0.121. The fourth-order valence-electron chi connectivity index (χ4n) is 2.29. The molecule has 1 saturated heterocycles. The number of aromatic nitrogens is 1. The van der Waals surface area contributed by atoms with E-state index in [1.54, 1.807) is 6.07 Å². The van der Waals surface area contributed by atoms with Gasteiger partial charge in [0.05, 0.1) is 10.2 Å². The van der Waals surface area contributed by atoms with Crippen molar-refractivity contribution in [1.82, 2.24) is 15.0 Å². The lowest BCUT2D eigenvalue weighted by Crippen LogP contribution is -2.46. The molecule has 0 saturated carbocycles. The molecule has 2 aromatic heterocycles. The zero-order valence-corrected chi connectivity index (χ0v) is 13.2. The number of nitrogens with zero attached hydrogens (tertiary/aromatic N) is 1. The molecule has 3 heterocycles. The molecule has 1 atom stereocenters. The molecule has 0 bridgehead atoms. The van der Waals surface area contributed by atoms with Gasteiger partial charge < -0.3 is 5.32 Å². The first-order valence-corrected chi connectivity index (χ1v) is 8.79. The second kappa shape index (κ2) is 4.75. The zero-order chi connectivity index (χ0) is 15.3. The van der Waals surface area contributed by atoms with Gasteiger partial charge in [-0.2, -0.15) is 4.72 Å². The highest BCUT2D eigenvalue weighted by Gasteiger charge is 2.43. The summed E-state index contributed by atoms with van der Waals surface area (Å²) in [5.41, 5.74) is 0.294. The number of thiophene rings is 1. The molecule has 1 amide bonds. The summed E-state index contributed by atoms with van der Waals surface area (Å²) in [7, 11) is -3.78. The van der Waals surface area contributed by atoms with E-state index in [9.17, 15) is 13.2 Å². The zero-order valence-electron chi connectivity index (χ0n) is 11.6. The number of hydrogen-bond donors (Lipinski definition) is 2. The Morgan fingerprint density at radius 1 is 1.48 bits per heavy atom. The minimum atomic E-state index is -3.78. The quantitative estimate of drug-likeness (QED) is 0.884. The topological polar surface area (TPSA) is 88.2 Å². The van der Waals surface area contributed by atoms with Crippen LogP contribution in [0.25, 0.3) is 10.2 Å². The Morgan fingerprint density at radius 2 is 2.24 bits per heavy atom. The summed E-state index contributed by atoms with van der Waals surface area (Å²) in [6.45, 7) is 4.14. The van der Waals surface area contributed by atoms with Crippen molar-refractivity contribution in [3.63, 3.8) is 0 Å². The van der Waals surface area contributed by atoms with Crippen molar-refractivity contribution in [2.75, 3.05) is 6.54 Å². The van der Waals surface area contributed by atoms with Crippen LogP contribution in [-0.2, 0) is 14.8 Å². The maximum atomic E-state index is 12.5. The van der Waals surface area contributed by atoms with Gasteiger partial charge in [0.1, 0.15) is 10.9 Å². The van der Waals surface area contributed by atoms with Crippen molar-refractivity contribution >= 4 is 37.5 Å². The van der Waals surface area contributed by atoms with Crippen LogP contribution in [0, 0.1) is 5.41 Å². The van der Waals surface area contributed by atoms with Crippen LogP contribution in [-0.4, -0.2) is 31.9 Å². The molecule has 1 aliphatic heterocycles. The lowest BCUT2D eigenvalue weighted by Gasteiger charge is -2.24. The van der Waals surface area contributed by atoms with E-state index >= 15 is 0 Å². The van der Waals surface area contributed by atoms with Crippen molar-refractivity contribution in [3.05, 3.63) is 23.7 Å². The van der Waals surface area contributed by atoms with Crippen LogP contribution in [0.5, 0.6) is 0 Å². The SMILES string of the molecule is CC1(C)CNC(=O)C1NS(=O)(=O)c1cnc2ccsc2c1. The first-order valence-electron chi connectivity index (χ1n) is 6.43. The van der Waals surface area contributed by atoms with Crippen LogP contribution in [0.1, 0.15) is 13.8 Å². The van der Waals surface area contributed by atoms with Crippen LogP contribution in [0.4, 0.5) is 0 Å². The monoisotopic (exact) mass is 325 g/mol. The molecule has 0 aliphatic carbocycles. The van der Waals surface area contributed by atoms with E-state index in [0.717, 1.165) is 10.2 Å². The molecule has 2 N–H and O–H groups in total. The average Bonchev–Trinajstić information content (AvgIpc) is 2.97. The molecule has 21 heavy (non-hydrogen) atoms. The number of nitrogens with one attached hydrogen (secondary N) is 2. The third-order valence-corrected chi connectivity index (χ3v) is 5.87. The molecular weight excluding hydrogens is 310 g/mol. The number of amides is 1. The van der Waals surface area contributed by atoms with Crippen molar-refractivity contribution in [2.45, 2.75) is 24.8 Å². The van der Waals surface area contributed by atoms with Gasteiger partial charge in [0, 0.05) is 18.2 Å². The molecule has 1 aliphatic rings. The maximum absolute atomic E-state index is 12.5. The number of carbonyl (C=O) groups is 1. The van der Waals surface area contributed by atoms with E-state index in [2.05, 4.69) is 15.0 Å². The third kappa shape index (κ3) is 2.54. The number of pyridine rings is 1. The summed E-state index contributed by atoms with van der Waals surface area (Å²) in [5, 5.41) is 4.54. The van der Waals surface area contributed by atoms with Gasteiger partial charge in [-0.05, 0) is 17.5 Å². The first-order chi connectivity index (χ1) is 9.79. The number of sulfonamides is 1. The minimum absolute atomic E-state index is 0.0768. The Labute approximate surface area is 126 Å². The Balaban J connectivity index is 1.95. The fraction of sp³-hybridized carbons (Fsp3) is 0.385. The largest absolute Gasteiger partial charge is 0.354 e. The van der Waals surface area contributed by atoms with Crippen LogP contribution >= 0.6 is 11.3 Å². The fourth-order valence-corrected chi connectivity index (χ4v) is 4.48. The van der Waals surface area contributed by atoms with Gasteiger partial charge >= 0.3 is 0 Å². The Bertz CT molecular complexity index is 811. The molecule has 8 heteroatoms. The molecule has 1 fully saturated rings. The third-order valence-electron chi connectivity index (χ3n) is 3.62. The first kappa shape index (κ1) is 14.4. The molecule has 112 valence electrons. The van der Waals surface area contributed by atoms with Crippen molar-refractivity contribution in [1.29, 1.82) is 0 Å². The summed E-state index contributed by atoms with van der Waals surface area (Å²) < 4.78 is 28.2. The summed E-state index contributed by atoms with van der Waals surface area (Å²) >= 11 is 1.43. The average molecular weight is 325 g/mol. The molecule has 0 spiro atoms. The van der Waals surface area contributed by atoms with Crippen LogP contribution in [0.15, 0.2) is 28.6 Å². The number of rotatable bonds is 3. The standard InChI is InChI=1S/C13H15N3O3S2/c1-13(2)7-15-12(17)11(13)16-21(18,19)8-5-10-9(14-6-8)3-4-20-10/h3-6,11,16H,7H2,1-2H3,(H,15,17). The van der Waals surface area contributed by atoms with Gasteiger partial charge in [0.25, 0.3) is 0 Å². The summed E-state index contributed by atoms with van der Waals surface area (Å²) in [5.74, 6) is -0.297. The van der Waals surface area contributed by atoms with E-state index in [-0.39, 0.29) is 10.8 Å². The van der Waals surface area contributed by atoms with E-state index < -0.39 is 21.5 Å². The molecule has 0 aromatic carbocycles. The molecule has 1 unspecified atom stereocenters. The summed E-state index contributed by atoms with van der Waals surface area (Å²) in [6.07, 6.45) is 1.32. The highest BCUT2D eigenvalue weighted by molar-refractivity contribution is 7.89. The highest BCUT2D eigenvalue weighted by Crippen LogP contribution is 2.27. The Morgan fingerprint density at radius 3 is 2.90 bits per heavy atom. The molecular formula is C13H15N3O3S2. The van der Waals surface area contributed by atoms with Crippen molar-refractivity contribution in [3.8, 4) is 0 Å². The Hall–Kier alpha value is -1.51. The van der Waals surface area contributed by atoms with Gasteiger partial charge in [-0.1, -0.05) is 13.8 Å². The predicted octanol–water partition coefficient (Wildman–Crippen LogP) is 1.10. The number of fused-ring (bicyclic) bond motifs is 1. The number of hydrogen-bond acceptors (Lipinski definition) is 5. The molecule has 6 nitrogen and oxygen atoms in total. The van der Waals surface area contributed by atoms with E-state index in [1.807, 2.05) is 25.3 Å². The van der Waals surface area contributed by atoms with Crippen molar-refractivity contribution in [2.24, 2.45) is 5.41 Å². The normalized spacial score (nSPS) is 21.6. The second-order valence-corrected chi connectivity index (χ2v) is 8.40.